The van der Waals surface area contributed by atoms with E-state index in [0.29, 0.717) is 0 Å². The molecule has 3 rings (SSSR count). The van der Waals surface area contributed by atoms with Crippen LogP contribution in [0.15, 0.2) is 4.99 Å². The number of β-amino-alcohol motifs (C(OH)–C–C–N with tert-alkyl or cyclic N) is 1. The summed E-state index contributed by atoms with van der Waals surface area (Å²) in [6, 6.07) is 0.844. The predicted molar refractivity (Wildman–Crippen MR) is 85.5 cm³/mol. The van der Waals surface area contributed by atoms with Crippen LogP contribution in [0, 0.1) is 5.92 Å². The summed E-state index contributed by atoms with van der Waals surface area (Å²) in [5, 5.41) is 13.0. The molecule has 5 heteroatoms. The normalized spacial score (nSPS) is 26.7. The lowest BCUT2D eigenvalue weighted by Gasteiger charge is -2.23. The van der Waals surface area contributed by atoms with Crippen molar-refractivity contribution >= 4 is 5.96 Å². The van der Waals surface area contributed by atoms with Crippen molar-refractivity contribution < 1.29 is 5.11 Å². The van der Waals surface area contributed by atoms with E-state index in [4.69, 9.17) is 4.99 Å². The van der Waals surface area contributed by atoms with Gasteiger partial charge in [-0.25, -0.2) is 0 Å². The van der Waals surface area contributed by atoms with Gasteiger partial charge in [0.25, 0.3) is 0 Å². The molecular weight excluding hydrogens is 264 g/mol. The maximum absolute atomic E-state index is 9.68. The van der Waals surface area contributed by atoms with E-state index in [9.17, 15) is 5.11 Å². The molecule has 0 unspecified atom stereocenters. The van der Waals surface area contributed by atoms with Gasteiger partial charge in [-0.3, -0.25) is 9.89 Å². The Morgan fingerprint density at radius 3 is 2.67 bits per heavy atom. The van der Waals surface area contributed by atoms with Crippen molar-refractivity contribution in [3.8, 4) is 0 Å². The highest BCUT2D eigenvalue weighted by atomic mass is 16.3. The zero-order valence-electron chi connectivity index (χ0n) is 13.3. The van der Waals surface area contributed by atoms with Crippen LogP contribution in [0.25, 0.3) is 0 Å². The van der Waals surface area contributed by atoms with Crippen LogP contribution in [0.2, 0.25) is 0 Å². The lowest BCUT2D eigenvalue weighted by Crippen LogP contribution is -2.41. The van der Waals surface area contributed by atoms with Gasteiger partial charge < -0.3 is 15.3 Å². The van der Waals surface area contributed by atoms with Crippen molar-refractivity contribution in [2.75, 3.05) is 39.3 Å². The van der Waals surface area contributed by atoms with Crippen LogP contribution in [0.3, 0.4) is 0 Å². The van der Waals surface area contributed by atoms with Crippen LogP contribution in [0.1, 0.15) is 39.0 Å². The van der Waals surface area contributed by atoms with Gasteiger partial charge in [0.1, 0.15) is 0 Å². The van der Waals surface area contributed by atoms with Gasteiger partial charge in [-0.1, -0.05) is 0 Å². The van der Waals surface area contributed by atoms with Gasteiger partial charge >= 0.3 is 0 Å². The number of hydrogen-bond acceptors (Lipinski definition) is 3. The second-order valence-electron chi connectivity index (χ2n) is 6.79. The number of hydrogen-bond donors (Lipinski definition) is 2. The fraction of sp³-hybridized carbons (Fsp3) is 0.938. The highest BCUT2D eigenvalue weighted by molar-refractivity contribution is 5.80. The van der Waals surface area contributed by atoms with E-state index in [1.807, 2.05) is 0 Å². The van der Waals surface area contributed by atoms with Crippen molar-refractivity contribution in [1.82, 2.24) is 15.1 Å². The summed E-state index contributed by atoms with van der Waals surface area (Å²) in [5.74, 6) is 1.95. The molecular formula is C16H30N4O. The van der Waals surface area contributed by atoms with Gasteiger partial charge in [0.15, 0.2) is 5.96 Å². The first-order chi connectivity index (χ1) is 10.3. The molecule has 2 N–H and O–H groups in total. The fourth-order valence-electron chi connectivity index (χ4n) is 3.14. The van der Waals surface area contributed by atoms with Crippen LogP contribution in [0.4, 0.5) is 0 Å². The van der Waals surface area contributed by atoms with E-state index in [2.05, 4.69) is 22.0 Å². The summed E-state index contributed by atoms with van der Waals surface area (Å²) in [6.07, 6.45) is 6.30. The molecule has 0 bridgehead atoms. The first kappa shape index (κ1) is 15.1. The van der Waals surface area contributed by atoms with Crippen LogP contribution >= 0.6 is 0 Å². The third-order valence-corrected chi connectivity index (χ3v) is 4.70. The first-order valence-corrected chi connectivity index (χ1v) is 8.71. The monoisotopic (exact) mass is 294 g/mol. The third kappa shape index (κ3) is 4.58. The summed E-state index contributed by atoms with van der Waals surface area (Å²) < 4.78 is 0. The topological polar surface area (TPSA) is 51.1 Å². The first-order valence-electron chi connectivity index (χ1n) is 8.71. The second-order valence-corrected chi connectivity index (χ2v) is 6.79. The third-order valence-electron chi connectivity index (χ3n) is 4.70. The Morgan fingerprint density at radius 1 is 1.29 bits per heavy atom. The summed E-state index contributed by atoms with van der Waals surface area (Å²) >= 11 is 0. The average Bonchev–Trinajstić information content (AvgIpc) is 3.37. The molecule has 2 saturated carbocycles. The van der Waals surface area contributed by atoms with Crippen LogP contribution in [0.5, 0.6) is 0 Å². The standard InChI is InChI=1S/C16H30N4O/c1-2-17-16(20-9-7-15(21)12-20)18-8-10-19(14-5-6-14)11-13-3-4-13/h13-15,21H,2-12H2,1H3,(H,17,18)/t15-/m1/s1. The minimum atomic E-state index is -0.188. The molecule has 0 aromatic rings. The minimum absolute atomic E-state index is 0.188. The van der Waals surface area contributed by atoms with Crippen LogP contribution in [-0.4, -0.2) is 72.3 Å². The average molecular weight is 294 g/mol. The quantitative estimate of drug-likeness (QED) is 0.541. The van der Waals surface area contributed by atoms with Crippen molar-refractivity contribution in [2.24, 2.45) is 10.9 Å². The molecule has 5 nitrogen and oxygen atoms in total. The van der Waals surface area contributed by atoms with Crippen molar-refractivity contribution in [3.63, 3.8) is 0 Å². The molecule has 120 valence electrons. The highest BCUT2D eigenvalue weighted by Gasteiger charge is 2.33. The summed E-state index contributed by atoms with van der Waals surface area (Å²) in [7, 11) is 0. The van der Waals surface area contributed by atoms with E-state index >= 15 is 0 Å². The molecule has 1 heterocycles. The Kier molecular flexibility index (Phi) is 5.01. The van der Waals surface area contributed by atoms with Crippen molar-refractivity contribution in [3.05, 3.63) is 0 Å². The smallest absolute Gasteiger partial charge is 0.194 e. The van der Waals surface area contributed by atoms with Crippen molar-refractivity contribution in [1.29, 1.82) is 0 Å². The molecule has 3 aliphatic rings. The van der Waals surface area contributed by atoms with E-state index in [0.717, 1.165) is 57.1 Å². The Labute approximate surface area is 128 Å². The molecule has 0 amide bonds. The number of rotatable bonds is 7. The molecule has 0 aromatic carbocycles. The summed E-state index contributed by atoms with van der Waals surface area (Å²) in [6.45, 7) is 7.89. The Morgan fingerprint density at radius 2 is 2.10 bits per heavy atom. The molecule has 1 atom stereocenters. The molecule has 21 heavy (non-hydrogen) atoms. The van der Waals surface area contributed by atoms with Gasteiger partial charge in [-0.05, 0) is 44.9 Å². The van der Waals surface area contributed by atoms with Gasteiger partial charge in [-0.2, -0.15) is 0 Å². The van der Waals surface area contributed by atoms with Gasteiger partial charge in [0.2, 0.25) is 0 Å². The molecule has 0 aromatic heterocycles. The number of guanidine groups is 1. The Balaban J connectivity index is 1.48. The molecule has 1 aliphatic heterocycles. The minimum Gasteiger partial charge on any atom is -0.391 e. The maximum Gasteiger partial charge on any atom is 0.194 e. The Hall–Kier alpha value is -0.810. The number of aliphatic imine (C=N–C) groups is 1. The Bertz CT molecular complexity index is 365. The summed E-state index contributed by atoms with van der Waals surface area (Å²) in [5.41, 5.74) is 0. The van der Waals surface area contributed by atoms with E-state index < -0.39 is 0 Å². The number of aliphatic hydroxyl groups is 1. The fourth-order valence-corrected chi connectivity index (χ4v) is 3.14. The van der Waals surface area contributed by atoms with Crippen molar-refractivity contribution in [2.45, 2.75) is 51.2 Å². The molecule has 1 saturated heterocycles. The number of likely N-dealkylation sites (tertiary alicyclic amines) is 1. The van der Waals surface area contributed by atoms with Crippen LogP contribution < -0.4 is 5.32 Å². The number of aliphatic hydroxyl groups excluding tert-OH is 1. The predicted octanol–water partition coefficient (Wildman–Crippen LogP) is 0.893. The van der Waals surface area contributed by atoms with Gasteiger partial charge in [0.05, 0.1) is 12.6 Å². The van der Waals surface area contributed by atoms with E-state index in [1.165, 1.54) is 32.2 Å². The second kappa shape index (κ2) is 6.97. The van der Waals surface area contributed by atoms with E-state index in [-0.39, 0.29) is 6.10 Å². The number of nitrogens with zero attached hydrogens (tertiary/aromatic N) is 3. The van der Waals surface area contributed by atoms with Gasteiger partial charge in [0, 0.05) is 38.8 Å². The zero-order chi connectivity index (χ0) is 14.7. The molecule has 2 aliphatic carbocycles. The molecule has 3 fully saturated rings. The SMILES string of the molecule is CCNC(=NCCN(CC1CC1)C1CC1)N1CC[C@@H](O)C1. The maximum atomic E-state index is 9.68. The molecule has 0 radical (unpaired) electrons. The largest absolute Gasteiger partial charge is 0.391 e. The molecule has 0 spiro atoms. The lowest BCUT2D eigenvalue weighted by molar-refractivity contribution is 0.187. The highest BCUT2D eigenvalue weighted by Crippen LogP contribution is 2.34. The van der Waals surface area contributed by atoms with Crippen LogP contribution in [-0.2, 0) is 0 Å². The van der Waals surface area contributed by atoms with Gasteiger partial charge in [-0.15, -0.1) is 0 Å². The number of nitrogens with one attached hydrogen (secondary N) is 1. The summed E-state index contributed by atoms with van der Waals surface area (Å²) in [4.78, 5) is 9.63. The zero-order valence-corrected chi connectivity index (χ0v) is 13.3. The lowest BCUT2D eigenvalue weighted by atomic mass is 10.3. The van der Waals surface area contributed by atoms with E-state index in [1.54, 1.807) is 0 Å².